The molecule has 1 saturated heterocycles. The van der Waals surface area contributed by atoms with Crippen LogP contribution in [0.3, 0.4) is 0 Å². The number of ether oxygens (including phenoxy) is 1. The molecule has 3 N–H and O–H groups in total. The molecule has 0 bridgehead atoms. The first-order chi connectivity index (χ1) is 12.2. The first-order valence-corrected chi connectivity index (χ1v) is 8.58. The molecule has 0 aliphatic carbocycles. The van der Waals surface area contributed by atoms with Gasteiger partial charge in [-0.25, -0.2) is 4.98 Å². The third-order valence-electron chi connectivity index (χ3n) is 4.27. The molecular weight excluding hydrogens is 316 g/mol. The van der Waals surface area contributed by atoms with E-state index in [0.29, 0.717) is 26.2 Å². The summed E-state index contributed by atoms with van der Waals surface area (Å²) in [5.74, 6) is 0.753. The summed E-state index contributed by atoms with van der Waals surface area (Å²) in [5, 5.41) is 2.94. The van der Waals surface area contributed by atoms with Crippen LogP contribution >= 0.6 is 0 Å². The summed E-state index contributed by atoms with van der Waals surface area (Å²) < 4.78 is 5.39. The Morgan fingerprint density at radius 1 is 1.20 bits per heavy atom. The summed E-state index contributed by atoms with van der Waals surface area (Å²) in [7, 11) is 0. The largest absolute Gasteiger partial charge is 0.378 e. The topological polar surface area (TPSA) is 80.5 Å². The summed E-state index contributed by atoms with van der Waals surface area (Å²) in [4.78, 5) is 19.0. The van der Waals surface area contributed by atoms with E-state index in [0.717, 1.165) is 30.0 Å². The molecule has 2 aromatic rings. The van der Waals surface area contributed by atoms with Crippen molar-refractivity contribution < 1.29 is 9.53 Å². The fourth-order valence-corrected chi connectivity index (χ4v) is 2.90. The maximum Gasteiger partial charge on any atom is 0.237 e. The number of pyridine rings is 1. The molecule has 1 unspecified atom stereocenters. The van der Waals surface area contributed by atoms with Gasteiger partial charge in [0.2, 0.25) is 5.91 Å². The average Bonchev–Trinajstić information content (AvgIpc) is 2.68. The SMILES string of the molecule is NC(Cc1ccccc1)C(=O)NCc1cccnc1N1CCOCC1. The molecule has 1 aromatic carbocycles. The van der Waals surface area contributed by atoms with E-state index in [-0.39, 0.29) is 5.91 Å². The fraction of sp³-hybridized carbons (Fsp3) is 0.368. The Morgan fingerprint density at radius 3 is 2.72 bits per heavy atom. The highest BCUT2D eigenvalue weighted by atomic mass is 16.5. The summed E-state index contributed by atoms with van der Waals surface area (Å²) in [5.41, 5.74) is 8.09. The van der Waals surface area contributed by atoms with E-state index in [1.54, 1.807) is 6.20 Å². The number of nitrogens with two attached hydrogens (primary N) is 1. The molecule has 6 nitrogen and oxygen atoms in total. The predicted octanol–water partition coefficient (Wildman–Crippen LogP) is 1.10. The number of morpholine rings is 1. The van der Waals surface area contributed by atoms with Crippen molar-refractivity contribution in [3.05, 3.63) is 59.8 Å². The lowest BCUT2D eigenvalue weighted by atomic mass is 10.1. The third kappa shape index (κ3) is 4.78. The number of carbonyl (C=O) groups excluding carboxylic acids is 1. The van der Waals surface area contributed by atoms with E-state index in [4.69, 9.17) is 10.5 Å². The zero-order valence-corrected chi connectivity index (χ0v) is 14.2. The van der Waals surface area contributed by atoms with Crippen molar-refractivity contribution in [3.63, 3.8) is 0 Å². The molecular formula is C19H24N4O2. The van der Waals surface area contributed by atoms with Crippen LogP contribution in [0.5, 0.6) is 0 Å². The lowest BCUT2D eigenvalue weighted by molar-refractivity contribution is -0.122. The Labute approximate surface area is 148 Å². The Hall–Kier alpha value is -2.44. The highest BCUT2D eigenvalue weighted by Gasteiger charge is 2.18. The van der Waals surface area contributed by atoms with Crippen LogP contribution in [0.1, 0.15) is 11.1 Å². The fourth-order valence-electron chi connectivity index (χ4n) is 2.90. The van der Waals surface area contributed by atoms with Crippen LogP contribution in [0.2, 0.25) is 0 Å². The van der Waals surface area contributed by atoms with Gasteiger partial charge in [0.15, 0.2) is 0 Å². The quantitative estimate of drug-likeness (QED) is 0.823. The highest BCUT2D eigenvalue weighted by Crippen LogP contribution is 2.18. The second-order valence-electron chi connectivity index (χ2n) is 6.10. The Bertz CT molecular complexity index is 687. The molecule has 25 heavy (non-hydrogen) atoms. The van der Waals surface area contributed by atoms with E-state index in [9.17, 15) is 4.79 Å². The molecule has 1 amide bonds. The number of aromatic nitrogens is 1. The summed E-state index contributed by atoms with van der Waals surface area (Å²) >= 11 is 0. The first-order valence-electron chi connectivity index (χ1n) is 8.58. The van der Waals surface area contributed by atoms with Gasteiger partial charge in [-0.15, -0.1) is 0 Å². The van der Waals surface area contributed by atoms with E-state index in [2.05, 4.69) is 15.2 Å². The lowest BCUT2D eigenvalue weighted by Crippen LogP contribution is -2.42. The molecule has 1 aliphatic rings. The normalized spacial score (nSPS) is 15.6. The molecule has 0 spiro atoms. The van der Waals surface area contributed by atoms with Crippen molar-refractivity contribution in [1.82, 2.24) is 10.3 Å². The van der Waals surface area contributed by atoms with Crippen molar-refractivity contribution in [3.8, 4) is 0 Å². The second-order valence-corrected chi connectivity index (χ2v) is 6.10. The minimum absolute atomic E-state index is 0.152. The molecule has 3 rings (SSSR count). The van der Waals surface area contributed by atoms with Crippen molar-refractivity contribution in [2.24, 2.45) is 5.73 Å². The van der Waals surface area contributed by atoms with Gasteiger partial charge in [-0.3, -0.25) is 4.79 Å². The molecule has 1 aromatic heterocycles. The zero-order valence-electron chi connectivity index (χ0n) is 14.2. The molecule has 1 atom stereocenters. The maximum absolute atomic E-state index is 12.3. The summed E-state index contributed by atoms with van der Waals surface area (Å²) in [6, 6.07) is 13.1. The van der Waals surface area contributed by atoms with Gasteiger partial charge in [0.1, 0.15) is 5.82 Å². The van der Waals surface area contributed by atoms with Crippen LogP contribution in [-0.2, 0) is 22.5 Å². The number of benzene rings is 1. The van der Waals surface area contributed by atoms with Gasteiger partial charge >= 0.3 is 0 Å². The van der Waals surface area contributed by atoms with Crippen LogP contribution < -0.4 is 16.0 Å². The van der Waals surface area contributed by atoms with E-state index in [1.165, 1.54) is 0 Å². The highest BCUT2D eigenvalue weighted by molar-refractivity contribution is 5.81. The molecule has 0 saturated carbocycles. The number of nitrogens with one attached hydrogen (secondary N) is 1. The van der Waals surface area contributed by atoms with Crippen molar-refractivity contribution >= 4 is 11.7 Å². The van der Waals surface area contributed by atoms with Crippen LogP contribution in [0.4, 0.5) is 5.82 Å². The number of carbonyl (C=O) groups is 1. The molecule has 1 aliphatic heterocycles. The van der Waals surface area contributed by atoms with Gasteiger partial charge in [0.05, 0.1) is 19.3 Å². The van der Waals surface area contributed by atoms with Crippen LogP contribution in [0.15, 0.2) is 48.7 Å². The van der Waals surface area contributed by atoms with Crippen LogP contribution in [-0.4, -0.2) is 43.2 Å². The zero-order chi connectivity index (χ0) is 17.5. The van der Waals surface area contributed by atoms with Crippen LogP contribution in [0, 0.1) is 0 Å². The Balaban J connectivity index is 1.58. The molecule has 0 radical (unpaired) electrons. The number of hydrogen-bond acceptors (Lipinski definition) is 5. The second kappa shape index (κ2) is 8.60. The smallest absolute Gasteiger partial charge is 0.237 e. The van der Waals surface area contributed by atoms with Crippen molar-refractivity contribution in [1.29, 1.82) is 0 Å². The summed E-state index contributed by atoms with van der Waals surface area (Å²) in [6.07, 6.45) is 2.30. The van der Waals surface area contributed by atoms with Crippen LogP contribution in [0.25, 0.3) is 0 Å². The van der Waals surface area contributed by atoms with Gasteiger partial charge in [-0.2, -0.15) is 0 Å². The van der Waals surface area contributed by atoms with Crippen molar-refractivity contribution in [2.75, 3.05) is 31.2 Å². The van der Waals surface area contributed by atoms with Crippen molar-refractivity contribution in [2.45, 2.75) is 19.0 Å². The van der Waals surface area contributed by atoms with Gasteiger partial charge in [-0.05, 0) is 18.1 Å². The molecule has 2 heterocycles. The lowest BCUT2D eigenvalue weighted by Gasteiger charge is -2.29. The van der Waals surface area contributed by atoms with E-state index >= 15 is 0 Å². The number of hydrogen-bond donors (Lipinski definition) is 2. The molecule has 132 valence electrons. The Kier molecular flexibility index (Phi) is 5.98. The third-order valence-corrected chi connectivity index (χ3v) is 4.27. The number of amides is 1. The maximum atomic E-state index is 12.3. The van der Waals surface area contributed by atoms with E-state index < -0.39 is 6.04 Å². The molecule has 1 fully saturated rings. The average molecular weight is 340 g/mol. The number of anilines is 1. The summed E-state index contributed by atoms with van der Waals surface area (Å²) in [6.45, 7) is 3.44. The Morgan fingerprint density at radius 2 is 1.96 bits per heavy atom. The van der Waals surface area contributed by atoms with Gasteiger partial charge < -0.3 is 20.7 Å². The van der Waals surface area contributed by atoms with E-state index in [1.807, 2.05) is 42.5 Å². The van der Waals surface area contributed by atoms with Gasteiger partial charge in [0, 0.05) is 31.4 Å². The minimum Gasteiger partial charge on any atom is -0.378 e. The van der Waals surface area contributed by atoms with Gasteiger partial charge in [-0.1, -0.05) is 36.4 Å². The minimum atomic E-state index is -0.564. The predicted molar refractivity (Wildman–Crippen MR) is 97.2 cm³/mol. The standard InChI is InChI=1S/C19H24N4O2/c20-17(13-15-5-2-1-3-6-15)19(24)22-14-16-7-4-8-21-18(16)23-9-11-25-12-10-23/h1-8,17H,9-14,20H2,(H,22,24). The first kappa shape index (κ1) is 17.4. The number of rotatable bonds is 6. The number of nitrogens with zero attached hydrogens (tertiary/aromatic N) is 2. The molecule has 6 heteroatoms. The monoisotopic (exact) mass is 340 g/mol. The van der Waals surface area contributed by atoms with Gasteiger partial charge in [0.25, 0.3) is 0 Å².